The summed E-state index contributed by atoms with van der Waals surface area (Å²) in [7, 11) is -4.11. The molecule has 5 atom stereocenters. The van der Waals surface area contributed by atoms with Crippen LogP contribution in [0.1, 0.15) is 77.7 Å². The van der Waals surface area contributed by atoms with Crippen LogP contribution in [0.4, 0.5) is 4.79 Å². The van der Waals surface area contributed by atoms with Crippen LogP contribution in [0.15, 0.2) is 29.2 Å². The van der Waals surface area contributed by atoms with Crippen molar-refractivity contribution in [2.45, 2.75) is 120 Å². The Bertz CT molecular complexity index is 1060. The number of nitrogens with one attached hydrogen (secondary N) is 1. The molecular formula is C29H46N2O8S. The van der Waals surface area contributed by atoms with Crippen molar-refractivity contribution in [1.82, 2.24) is 9.62 Å². The van der Waals surface area contributed by atoms with E-state index in [1.54, 1.807) is 12.1 Å². The summed E-state index contributed by atoms with van der Waals surface area (Å²) in [5.74, 6) is -0.854. The predicted molar refractivity (Wildman–Crippen MR) is 149 cm³/mol. The first kappa shape index (κ1) is 31.2. The Hall–Kier alpha value is -1.76. The number of hydrogen-bond acceptors (Lipinski definition) is 9. The smallest absolute Gasteiger partial charge is 0.421 e. The van der Waals surface area contributed by atoms with E-state index >= 15 is 0 Å². The zero-order valence-corrected chi connectivity index (χ0v) is 25.1. The van der Waals surface area contributed by atoms with Crippen LogP contribution in [0.3, 0.4) is 0 Å². The van der Waals surface area contributed by atoms with Crippen molar-refractivity contribution in [3.05, 3.63) is 29.8 Å². The molecule has 0 bridgehead atoms. The molecule has 4 rings (SSSR count). The third-order valence-corrected chi connectivity index (χ3v) is 8.97. The number of piperidine rings is 1. The van der Waals surface area contributed by atoms with Crippen LogP contribution in [-0.4, -0.2) is 82.1 Å². The number of sulfonamides is 1. The molecule has 3 saturated heterocycles. The molecule has 1 amide bonds. The van der Waals surface area contributed by atoms with Gasteiger partial charge in [0.2, 0.25) is 0 Å². The van der Waals surface area contributed by atoms with Crippen LogP contribution in [0, 0.1) is 6.92 Å². The van der Waals surface area contributed by atoms with Crippen LogP contribution in [-0.2, 0) is 33.7 Å². The van der Waals surface area contributed by atoms with Gasteiger partial charge in [-0.15, -0.1) is 0 Å². The molecule has 1 aromatic carbocycles. The first-order valence-electron chi connectivity index (χ1n) is 14.7. The van der Waals surface area contributed by atoms with Gasteiger partial charge in [0.15, 0.2) is 12.1 Å². The number of carbonyl (C=O) groups excluding carboxylic acids is 1. The topological polar surface area (TPSA) is 113 Å². The third-order valence-electron chi connectivity index (χ3n) is 7.64. The fraction of sp³-hybridized carbons (Fsp3) is 0.759. The van der Waals surface area contributed by atoms with Crippen molar-refractivity contribution in [3.63, 3.8) is 0 Å². The number of carbonyl (C=O) groups is 1. The molecule has 40 heavy (non-hydrogen) atoms. The third kappa shape index (κ3) is 8.39. The molecule has 3 fully saturated rings. The number of amides is 1. The van der Waals surface area contributed by atoms with Gasteiger partial charge in [-0.2, -0.15) is 0 Å². The quantitative estimate of drug-likeness (QED) is 0.336. The lowest BCUT2D eigenvalue weighted by molar-refractivity contribution is -0.243. The van der Waals surface area contributed by atoms with Crippen LogP contribution >= 0.6 is 0 Å². The van der Waals surface area contributed by atoms with Gasteiger partial charge in [-0.25, -0.2) is 17.9 Å². The highest BCUT2D eigenvalue weighted by Gasteiger charge is 2.58. The molecule has 3 aliphatic rings. The molecule has 3 heterocycles. The number of benzene rings is 1. The van der Waals surface area contributed by atoms with Gasteiger partial charge in [0, 0.05) is 13.2 Å². The summed E-state index contributed by atoms with van der Waals surface area (Å²) in [6.45, 7) is 10.4. The van der Waals surface area contributed by atoms with E-state index in [0.29, 0.717) is 13.2 Å². The molecule has 0 unspecified atom stereocenters. The maximum Gasteiger partial charge on any atom is 0.421 e. The highest BCUT2D eigenvalue weighted by Crippen LogP contribution is 2.41. The number of rotatable bonds is 13. The molecule has 0 radical (unpaired) electrons. The van der Waals surface area contributed by atoms with Crippen molar-refractivity contribution < 1.29 is 36.9 Å². The van der Waals surface area contributed by atoms with Crippen molar-refractivity contribution in [3.8, 4) is 0 Å². The number of unbranched alkanes of at least 4 members (excludes halogenated alkanes) is 4. The van der Waals surface area contributed by atoms with Gasteiger partial charge in [0.1, 0.15) is 24.4 Å². The highest BCUT2D eigenvalue weighted by atomic mass is 32.2. The molecule has 0 spiro atoms. The molecule has 11 heteroatoms. The summed E-state index contributed by atoms with van der Waals surface area (Å²) >= 11 is 0. The molecule has 3 aliphatic heterocycles. The predicted octanol–water partition coefficient (Wildman–Crippen LogP) is 4.50. The zero-order valence-electron chi connectivity index (χ0n) is 24.3. The van der Waals surface area contributed by atoms with Gasteiger partial charge < -0.3 is 23.7 Å². The van der Waals surface area contributed by atoms with Gasteiger partial charge in [-0.05, 0) is 65.3 Å². The lowest BCUT2D eigenvalue weighted by atomic mass is 10.0. The number of fused-ring (bicyclic) bond motifs is 1. The van der Waals surface area contributed by atoms with Crippen LogP contribution in [0.5, 0.6) is 0 Å². The summed E-state index contributed by atoms with van der Waals surface area (Å²) in [6.07, 6.45) is 4.57. The summed E-state index contributed by atoms with van der Waals surface area (Å²) in [5.41, 5.74) is 0.912. The van der Waals surface area contributed by atoms with Gasteiger partial charge in [-0.3, -0.25) is 4.90 Å². The summed E-state index contributed by atoms with van der Waals surface area (Å²) in [4.78, 5) is 15.2. The number of nitrogens with zero attached hydrogens (tertiary/aromatic N) is 1. The maximum atomic E-state index is 13.0. The van der Waals surface area contributed by atoms with Crippen molar-refractivity contribution in [2.75, 3.05) is 26.2 Å². The fourth-order valence-electron chi connectivity index (χ4n) is 5.58. The number of ether oxygens (including phenoxy) is 5. The zero-order chi connectivity index (χ0) is 28.8. The number of hydrogen-bond donors (Lipinski definition) is 1. The molecule has 1 aromatic rings. The maximum absolute atomic E-state index is 13.0. The van der Waals surface area contributed by atoms with E-state index in [0.717, 1.165) is 50.8 Å². The first-order chi connectivity index (χ1) is 19.1. The lowest BCUT2D eigenvalue weighted by Crippen LogP contribution is -2.50. The van der Waals surface area contributed by atoms with E-state index in [1.165, 1.54) is 31.4 Å². The number of aryl methyl sites for hydroxylation is 1. The minimum absolute atomic E-state index is 0.0125. The second-order valence-corrected chi connectivity index (χ2v) is 13.2. The van der Waals surface area contributed by atoms with Crippen molar-refractivity contribution >= 4 is 16.1 Å². The minimum atomic E-state index is -4.11. The van der Waals surface area contributed by atoms with E-state index < -0.39 is 52.6 Å². The molecule has 10 nitrogen and oxygen atoms in total. The van der Waals surface area contributed by atoms with Gasteiger partial charge in [0.25, 0.3) is 10.0 Å². The summed E-state index contributed by atoms with van der Waals surface area (Å²) in [6, 6.07) is 6.26. The number of likely N-dealkylation sites (tertiary alicyclic amines) is 1. The van der Waals surface area contributed by atoms with Crippen molar-refractivity contribution in [1.29, 1.82) is 0 Å². The van der Waals surface area contributed by atoms with Crippen LogP contribution in [0.25, 0.3) is 0 Å². The Labute approximate surface area is 239 Å². The van der Waals surface area contributed by atoms with E-state index in [9.17, 15) is 13.2 Å². The highest BCUT2D eigenvalue weighted by molar-refractivity contribution is 7.90. The average molecular weight is 583 g/mol. The molecule has 0 aromatic heterocycles. The van der Waals surface area contributed by atoms with Gasteiger partial charge >= 0.3 is 6.09 Å². The molecule has 0 aliphatic carbocycles. The van der Waals surface area contributed by atoms with E-state index in [4.69, 9.17) is 23.7 Å². The van der Waals surface area contributed by atoms with Crippen LogP contribution in [0.2, 0.25) is 0 Å². The Morgan fingerprint density at radius 1 is 1.05 bits per heavy atom. The monoisotopic (exact) mass is 582 g/mol. The second kappa shape index (κ2) is 13.9. The summed E-state index contributed by atoms with van der Waals surface area (Å²) in [5, 5.41) is 0. The molecule has 0 saturated carbocycles. The lowest BCUT2D eigenvalue weighted by Gasteiger charge is -2.34. The summed E-state index contributed by atoms with van der Waals surface area (Å²) < 4.78 is 58.5. The second-order valence-electron chi connectivity index (χ2n) is 11.5. The first-order valence-corrected chi connectivity index (χ1v) is 16.2. The van der Waals surface area contributed by atoms with E-state index in [-0.39, 0.29) is 4.90 Å². The minimum Gasteiger partial charge on any atom is -0.441 e. The fourth-order valence-corrected chi connectivity index (χ4v) is 6.46. The van der Waals surface area contributed by atoms with E-state index in [1.807, 2.05) is 20.8 Å². The van der Waals surface area contributed by atoms with Gasteiger partial charge in [0.05, 0.1) is 4.90 Å². The SMILES string of the molecule is CCCCCCCO[C@H]1O[C@H]([C@@H](CN2CCCCC2)OC(=O)NS(=O)(=O)c2ccc(C)cc2)[C@@H]2OC(C)(C)O[C@H]12. The van der Waals surface area contributed by atoms with Gasteiger partial charge in [-0.1, -0.05) is 56.7 Å². The van der Waals surface area contributed by atoms with Crippen molar-refractivity contribution in [2.24, 2.45) is 0 Å². The standard InChI is InChI=1S/C29H46N2O8S/c1-5-6-7-8-12-19-35-27-26-25(38-29(3,4)39-26)24(37-27)23(20-31-17-10-9-11-18-31)36-28(32)30-40(33,34)22-15-13-21(2)14-16-22/h13-16,23-27H,5-12,17-20H2,1-4H3,(H,30,32)/t23-,24-,25+,26+,27+/m1/s1. The largest absolute Gasteiger partial charge is 0.441 e. The Kier molecular flexibility index (Phi) is 10.9. The Morgan fingerprint density at radius 3 is 2.42 bits per heavy atom. The Morgan fingerprint density at radius 2 is 1.73 bits per heavy atom. The average Bonchev–Trinajstić information content (AvgIpc) is 3.39. The Balaban J connectivity index is 1.47. The normalized spacial score (nSPS) is 27.3. The molecule has 226 valence electrons. The van der Waals surface area contributed by atoms with E-state index in [2.05, 4.69) is 16.5 Å². The molecular weight excluding hydrogens is 536 g/mol. The van der Waals surface area contributed by atoms with Crippen LogP contribution < -0.4 is 4.72 Å². The molecule has 1 N–H and O–H groups in total.